The Kier molecular flexibility index (Phi) is 4.33. The molecule has 4 atom stereocenters. The molecule has 0 radical (unpaired) electrons. The van der Waals surface area contributed by atoms with Gasteiger partial charge in [-0.05, 0) is 48.9 Å². The highest BCUT2D eigenvalue weighted by Gasteiger charge is 2.69. The number of Topliss-reactive ketones (excluding diaryl/α,β-unsaturated/α-hetero) is 2. The molecule has 3 aromatic rings. The number of halogens is 1. The van der Waals surface area contributed by atoms with Crippen LogP contribution in [0.5, 0.6) is 0 Å². The van der Waals surface area contributed by atoms with Gasteiger partial charge in [-0.2, -0.15) is 0 Å². The predicted molar refractivity (Wildman–Crippen MR) is 125 cm³/mol. The molecular formula is C27H20FN3O3. The van der Waals surface area contributed by atoms with Gasteiger partial charge >= 0.3 is 0 Å². The van der Waals surface area contributed by atoms with Crippen LogP contribution >= 0.6 is 0 Å². The van der Waals surface area contributed by atoms with Gasteiger partial charge in [0.1, 0.15) is 11.2 Å². The van der Waals surface area contributed by atoms with Gasteiger partial charge in [0.15, 0.2) is 11.6 Å². The second-order valence-corrected chi connectivity index (χ2v) is 8.92. The zero-order valence-corrected chi connectivity index (χ0v) is 18.2. The fraction of sp³-hybridized carbons (Fsp3) is 0.185. The van der Waals surface area contributed by atoms with E-state index >= 15 is 0 Å². The molecule has 0 saturated carbocycles. The normalized spacial score (nSPS) is 26.1. The average Bonchev–Trinajstić information content (AvgIpc) is 3.32. The van der Waals surface area contributed by atoms with Crippen molar-refractivity contribution >= 4 is 34.9 Å². The maximum absolute atomic E-state index is 14.1. The van der Waals surface area contributed by atoms with Gasteiger partial charge in [0.05, 0.1) is 18.0 Å². The summed E-state index contributed by atoms with van der Waals surface area (Å²) in [4.78, 5) is 47.1. The second kappa shape index (κ2) is 7.18. The lowest BCUT2D eigenvalue weighted by Gasteiger charge is -2.37. The molecule has 3 aliphatic heterocycles. The number of anilines is 2. The van der Waals surface area contributed by atoms with E-state index in [-0.39, 0.29) is 17.5 Å². The maximum atomic E-state index is 14.1. The van der Waals surface area contributed by atoms with Crippen LogP contribution in [-0.2, 0) is 15.0 Å². The summed E-state index contributed by atoms with van der Waals surface area (Å²) in [5.41, 5.74) is 1.57. The summed E-state index contributed by atoms with van der Waals surface area (Å²) in [5.74, 6) is -2.27. The van der Waals surface area contributed by atoms with Crippen molar-refractivity contribution in [3.05, 3.63) is 95.6 Å². The molecule has 7 heteroatoms. The van der Waals surface area contributed by atoms with Crippen LogP contribution in [0, 0.1) is 11.7 Å². The summed E-state index contributed by atoms with van der Waals surface area (Å²) >= 11 is 0. The quantitative estimate of drug-likeness (QED) is 0.611. The summed E-state index contributed by atoms with van der Waals surface area (Å²) < 4.78 is 14.0. The number of carbonyl (C=O) groups excluding carboxylic acids is 3. The molecule has 0 bridgehead atoms. The number of para-hydroxylation sites is 1. The fourth-order valence-corrected chi connectivity index (χ4v) is 6.00. The molecule has 3 aliphatic rings. The number of rotatable bonds is 3. The number of amides is 1. The number of carbonyl (C=O) groups is 3. The van der Waals surface area contributed by atoms with Crippen molar-refractivity contribution in [3.63, 3.8) is 0 Å². The number of benzene rings is 2. The van der Waals surface area contributed by atoms with Gasteiger partial charge in [0, 0.05) is 34.9 Å². The van der Waals surface area contributed by atoms with Gasteiger partial charge in [-0.25, -0.2) is 4.39 Å². The minimum Gasteiger partial charge on any atom is -0.352 e. The molecule has 1 amide bonds. The molecule has 2 aromatic carbocycles. The second-order valence-electron chi connectivity index (χ2n) is 8.92. The molecule has 6 nitrogen and oxygen atoms in total. The minimum atomic E-state index is -1.34. The van der Waals surface area contributed by atoms with E-state index in [4.69, 9.17) is 0 Å². The van der Waals surface area contributed by atoms with Crippen LogP contribution in [0.3, 0.4) is 0 Å². The van der Waals surface area contributed by atoms with E-state index in [1.807, 2.05) is 29.2 Å². The van der Waals surface area contributed by atoms with Crippen LogP contribution in [0.25, 0.3) is 6.08 Å². The molecule has 168 valence electrons. The van der Waals surface area contributed by atoms with Gasteiger partial charge < -0.3 is 10.2 Å². The highest BCUT2D eigenvalue weighted by atomic mass is 19.1. The molecule has 1 aromatic heterocycles. The Labute approximate surface area is 195 Å². The van der Waals surface area contributed by atoms with E-state index in [1.54, 1.807) is 30.3 Å². The Bertz CT molecular complexity index is 1400. The lowest BCUT2D eigenvalue weighted by molar-refractivity contribution is -0.122. The lowest BCUT2D eigenvalue weighted by atomic mass is 9.64. The first kappa shape index (κ1) is 20.5. The number of nitrogens with one attached hydrogen (secondary N) is 1. The standard InChI is InChI=1S/C27H20FN3O3/c1-15(32)24-23(25(33)16-10-12-29-13-11-16)27(19-4-2-3-5-20(19)30-26(27)34)22-9-6-17-14-18(28)7-8-21(17)31(22)24/h2-14,22-24H,1H3,(H,30,34)/t22-,23+,24+,27-/m0/s1. The van der Waals surface area contributed by atoms with Crippen molar-refractivity contribution in [1.29, 1.82) is 0 Å². The average molecular weight is 453 g/mol. The van der Waals surface area contributed by atoms with Crippen LogP contribution in [0.15, 0.2) is 73.1 Å². The number of pyridine rings is 1. The van der Waals surface area contributed by atoms with E-state index in [9.17, 15) is 18.8 Å². The largest absolute Gasteiger partial charge is 0.352 e. The SMILES string of the molecule is CC(=O)[C@@H]1[C@H](C(=O)c2ccncc2)[C@@]2(C(=O)Nc3ccccc32)[C@@H]2C=Cc3cc(F)ccc3N12. The van der Waals surface area contributed by atoms with E-state index < -0.39 is 29.2 Å². The first-order valence-corrected chi connectivity index (χ1v) is 11.1. The van der Waals surface area contributed by atoms with Gasteiger partial charge in [-0.3, -0.25) is 19.4 Å². The molecule has 0 unspecified atom stereocenters. The number of ketones is 2. The Morgan fingerprint density at radius 2 is 1.85 bits per heavy atom. The molecule has 1 N–H and O–H groups in total. The highest BCUT2D eigenvalue weighted by Crippen LogP contribution is 2.57. The van der Waals surface area contributed by atoms with Crippen molar-refractivity contribution in [1.82, 2.24) is 4.98 Å². The van der Waals surface area contributed by atoms with E-state index in [2.05, 4.69) is 10.3 Å². The van der Waals surface area contributed by atoms with Gasteiger partial charge in [0.2, 0.25) is 5.91 Å². The molecule has 0 aliphatic carbocycles. The summed E-state index contributed by atoms with van der Waals surface area (Å²) in [5, 5.41) is 2.96. The van der Waals surface area contributed by atoms with Crippen molar-refractivity contribution < 1.29 is 18.8 Å². The maximum Gasteiger partial charge on any atom is 0.238 e. The third-order valence-corrected chi connectivity index (χ3v) is 7.26. The highest BCUT2D eigenvalue weighted by molar-refractivity contribution is 6.16. The van der Waals surface area contributed by atoms with Crippen LogP contribution in [-0.4, -0.2) is 34.5 Å². The summed E-state index contributed by atoms with van der Waals surface area (Å²) in [6.45, 7) is 1.44. The smallest absolute Gasteiger partial charge is 0.238 e. The number of fused-ring (bicyclic) bond motifs is 6. The first-order valence-electron chi connectivity index (χ1n) is 11.1. The zero-order chi connectivity index (χ0) is 23.6. The van der Waals surface area contributed by atoms with Crippen LogP contribution in [0.4, 0.5) is 15.8 Å². The molecule has 1 spiro atoms. The van der Waals surface area contributed by atoms with Gasteiger partial charge in [-0.1, -0.05) is 30.4 Å². The number of hydrogen-bond acceptors (Lipinski definition) is 5. The van der Waals surface area contributed by atoms with Crippen LogP contribution in [0.2, 0.25) is 0 Å². The van der Waals surface area contributed by atoms with E-state index in [1.165, 1.54) is 31.5 Å². The Morgan fingerprint density at radius 3 is 2.62 bits per heavy atom. The predicted octanol–water partition coefficient (Wildman–Crippen LogP) is 3.78. The summed E-state index contributed by atoms with van der Waals surface area (Å²) in [6, 6.07) is 13.3. The van der Waals surface area contributed by atoms with E-state index in [0.717, 1.165) is 0 Å². The third kappa shape index (κ3) is 2.55. The number of hydrogen-bond donors (Lipinski definition) is 1. The Morgan fingerprint density at radius 1 is 1.09 bits per heavy atom. The number of aromatic nitrogens is 1. The van der Waals surface area contributed by atoms with E-state index in [0.29, 0.717) is 28.1 Å². The van der Waals surface area contributed by atoms with Crippen molar-refractivity contribution in [2.45, 2.75) is 24.4 Å². The van der Waals surface area contributed by atoms with Crippen LogP contribution < -0.4 is 10.2 Å². The molecule has 34 heavy (non-hydrogen) atoms. The topological polar surface area (TPSA) is 79.4 Å². The molecule has 6 rings (SSSR count). The Balaban J connectivity index is 1.67. The third-order valence-electron chi connectivity index (χ3n) is 7.26. The minimum absolute atomic E-state index is 0.239. The monoisotopic (exact) mass is 453 g/mol. The van der Waals surface area contributed by atoms with Crippen molar-refractivity contribution in [2.24, 2.45) is 5.92 Å². The number of nitrogens with zero attached hydrogens (tertiary/aromatic N) is 2. The molecule has 1 fully saturated rings. The Hall–Kier alpha value is -4.13. The van der Waals surface area contributed by atoms with Gasteiger partial charge in [0.25, 0.3) is 0 Å². The molecule has 4 heterocycles. The summed E-state index contributed by atoms with van der Waals surface area (Å²) in [7, 11) is 0. The fourth-order valence-electron chi connectivity index (χ4n) is 6.00. The summed E-state index contributed by atoms with van der Waals surface area (Å²) in [6.07, 6.45) is 6.63. The molecule has 1 saturated heterocycles. The first-order chi connectivity index (χ1) is 16.4. The molecular weight excluding hydrogens is 433 g/mol. The zero-order valence-electron chi connectivity index (χ0n) is 18.2. The van der Waals surface area contributed by atoms with Crippen molar-refractivity contribution in [2.75, 3.05) is 10.2 Å². The van der Waals surface area contributed by atoms with Crippen LogP contribution in [0.1, 0.15) is 28.4 Å². The lowest BCUT2D eigenvalue weighted by Crippen LogP contribution is -2.51. The van der Waals surface area contributed by atoms with Crippen molar-refractivity contribution in [3.8, 4) is 0 Å². The van der Waals surface area contributed by atoms with Gasteiger partial charge in [-0.15, -0.1) is 0 Å².